The number of hydrogen-bond acceptors (Lipinski definition) is 5. The maximum Gasteiger partial charge on any atom is 0.320 e. The van der Waals surface area contributed by atoms with Crippen LogP contribution in [0.25, 0.3) is 11.1 Å². The van der Waals surface area contributed by atoms with Gasteiger partial charge in [-0.15, -0.1) is 24.8 Å². The average molecular weight is 429 g/mol. The molecule has 0 bridgehead atoms. The fourth-order valence-corrected chi connectivity index (χ4v) is 2.67. The maximum atomic E-state index is 10.8. The van der Waals surface area contributed by atoms with Crippen molar-refractivity contribution in [2.24, 2.45) is 5.73 Å². The number of hydrogen-bond donors (Lipinski definition) is 5. The van der Waals surface area contributed by atoms with Crippen LogP contribution in [-0.4, -0.2) is 42.2 Å². The van der Waals surface area contributed by atoms with E-state index < -0.39 is 12.0 Å². The number of carbonyl (C=O) groups excluding carboxylic acids is 1. The van der Waals surface area contributed by atoms with Gasteiger partial charge in [0.1, 0.15) is 6.04 Å². The van der Waals surface area contributed by atoms with E-state index in [2.05, 4.69) is 28.8 Å². The molecule has 2 aromatic carbocycles. The molecule has 0 saturated carbocycles. The lowest BCUT2D eigenvalue weighted by Crippen LogP contribution is -2.39. The summed E-state index contributed by atoms with van der Waals surface area (Å²) in [5.41, 5.74) is 14.0. The molecule has 1 saturated heterocycles. The van der Waals surface area contributed by atoms with Gasteiger partial charge in [-0.25, -0.2) is 0 Å². The monoisotopic (exact) mass is 428 g/mol. The van der Waals surface area contributed by atoms with Crippen molar-refractivity contribution in [3.05, 3.63) is 54.6 Å². The summed E-state index contributed by atoms with van der Waals surface area (Å²) < 4.78 is 0. The number of aliphatic carboxylic acids is 1. The molecule has 2 atom stereocenters. The van der Waals surface area contributed by atoms with Gasteiger partial charge in [0.25, 0.3) is 0 Å². The number of carbonyl (C=O) groups is 2. The van der Waals surface area contributed by atoms with E-state index in [1.807, 2.05) is 36.4 Å². The zero-order valence-electron chi connectivity index (χ0n) is 15.2. The zero-order chi connectivity index (χ0) is 18.9. The summed E-state index contributed by atoms with van der Waals surface area (Å²) in [6.45, 7) is 0.428. The second-order valence-corrected chi connectivity index (χ2v) is 5.99. The maximum absolute atomic E-state index is 10.8. The Bertz CT molecular complexity index is 747. The lowest BCUT2D eigenvalue weighted by Gasteiger charge is -2.09. The van der Waals surface area contributed by atoms with Gasteiger partial charge < -0.3 is 27.2 Å². The molecule has 1 heterocycles. The van der Waals surface area contributed by atoms with Crippen LogP contribution in [0.4, 0.5) is 5.69 Å². The number of nitrogens with one attached hydrogen (secondary N) is 2. The van der Waals surface area contributed by atoms with E-state index in [4.69, 9.17) is 16.6 Å². The van der Waals surface area contributed by atoms with Crippen molar-refractivity contribution in [1.29, 1.82) is 0 Å². The Labute approximate surface area is 176 Å². The van der Waals surface area contributed by atoms with Crippen LogP contribution in [0.5, 0.6) is 0 Å². The predicted octanol–water partition coefficient (Wildman–Crippen LogP) is 1.66. The van der Waals surface area contributed by atoms with Crippen LogP contribution in [0.2, 0.25) is 0 Å². The van der Waals surface area contributed by atoms with Crippen LogP contribution in [0.3, 0.4) is 0 Å². The first-order valence-corrected chi connectivity index (χ1v) is 8.36. The Balaban J connectivity index is 0.000000486. The summed E-state index contributed by atoms with van der Waals surface area (Å²) in [7, 11) is 0. The third-order valence-corrected chi connectivity index (χ3v) is 3.97. The number of nitrogens with two attached hydrogens (primary N) is 2. The molecule has 0 aliphatic carbocycles. The molecule has 1 aliphatic heterocycles. The molecule has 0 unspecified atom stereocenters. The molecular formula is C19H26Cl2N4O3. The predicted molar refractivity (Wildman–Crippen MR) is 116 cm³/mol. The standard InChI is InChI=1S/C12H11N.C7H13N3O3.2ClH/c13-12-8-4-7-11(9-12)10-5-2-1-3-6-10;8-2-6(11)10-4-1-5(7(12)13)9-3-4;;/h1-9H,13H2;4-5,9H,1-3,8H2,(H,10,11)(H,12,13);2*1H/t;4-,5+;;/m.0../s1. The van der Waals surface area contributed by atoms with Crippen LogP contribution in [0, 0.1) is 0 Å². The van der Waals surface area contributed by atoms with Gasteiger partial charge in [0.2, 0.25) is 5.91 Å². The highest BCUT2D eigenvalue weighted by Gasteiger charge is 2.29. The van der Waals surface area contributed by atoms with E-state index >= 15 is 0 Å². The number of rotatable bonds is 4. The molecule has 154 valence electrons. The minimum atomic E-state index is -0.885. The molecule has 2 aromatic rings. The van der Waals surface area contributed by atoms with Crippen LogP contribution in [-0.2, 0) is 9.59 Å². The fraction of sp³-hybridized carbons (Fsp3) is 0.263. The first-order chi connectivity index (χ1) is 12.5. The Hall–Kier alpha value is -2.32. The van der Waals surface area contributed by atoms with Gasteiger partial charge in [0, 0.05) is 18.3 Å². The summed E-state index contributed by atoms with van der Waals surface area (Å²) >= 11 is 0. The third kappa shape index (κ3) is 8.14. The molecule has 7 nitrogen and oxygen atoms in total. The van der Waals surface area contributed by atoms with Crippen molar-refractivity contribution in [3.63, 3.8) is 0 Å². The smallest absolute Gasteiger partial charge is 0.320 e. The number of anilines is 1. The first kappa shape index (κ1) is 25.7. The molecule has 9 heteroatoms. The number of amides is 1. The highest BCUT2D eigenvalue weighted by molar-refractivity contribution is 5.85. The molecule has 7 N–H and O–H groups in total. The van der Waals surface area contributed by atoms with Crippen LogP contribution >= 0.6 is 24.8 Å². The zero-order valence-corrected chi connectivity index (χ0v) is 16.8. The summed E-state index contributed by atoms with van der Waals surface area (Å²) in [6.07, 6.45) is 0.418. The van der Waals surface area contributed by atoms with Crippen molar-refractivity contribution in [2.45, 2.75) is 18.5 Å². The number of benzene rings is 2. The number of nitrogen functional groups attached to an aromatic ring is 1. The highest BCUT2D eigenvalue weighted by atomic mass is 35.5. The van der Waals surface area contributed by atoms with Crippen LogP contribution in [0.15, 0.2) is 54.6 Å². The number of carboxylic acids is 1. The number of halogens is 2. The molecule has 0 spiro atoms. The van der Waals surface area contributed by atoms with Crippen molar-refractivity contribution < 1.29 is 14.7 Å². The minimum absolute atomic E-state index is 0. The van der Waals surface area contributed by atoms with Crippen molar-refractivity contribution in [2.75, 3.05) is 18.8 Å². The Morgan fingerprint density at radius 3 is 2.25 bits per heavy atom. The van der Waals surface area contributed by atoms with Crippen LogP contribution in [0.1, 0.15) is 6.42 Å². The SMILES string of the molecule is Cl.Cl.NCC(=O)N[C@@H]1CN[C@@H](C(=O)O)C1.Nc1cccc(-c2ccccc2)c1. The molecule has 3 rings (SSSR count). The van der Waals surface area contributed by atoms with Crippen molar-refractivity contribution in [1.82, 2.24) is 10.6 Å². The van der Waals surface area contributed by atoms with E-state index in [0.29, 0.717) is 13.0 Å². The lowest BCUT2D eigenvalue weighted by atomic mass is 10.1. The number of carboxylic acid groups (broad SMARTS) is 1. The summed E-state index contributed by atoms with van der Waals surface area (Å²) in [5.74, 6) is -1.14. The van der Waals surface area contributed by atoms with Gasteiger partial charge in [-0.3, -0.25) is 9.59 Å². The van der Waals surface area contributed by atoms with E-state index in [0.717, 1.165) is 5.69 Å². The molecule has 28 heavy (non-hydrogen) atoms. The minimum Gasteiger partial charge on any atom is -0.480 e. The summed E-state index contributed by atoms with van der Waals surface area (Å²) in [4.78, 5) is 21.3. The topological polar surface area (TPSA) is 130 Å². The normalized spacial score (nSPS) is 17.2. The third-order valence-electron chi connectivity index (χ3n) is 3.97. The van der Waals surface area contributed by atoms with E-state index in [-0.39, 0.29) is 43.3 Å². The van der Waals surface area contributed by atoms with E-state index in [1.54, 1.807) is 0 Å². The van der Waals surface area contributed by atoms with Gasteiger partial charge in [-0.2, -0.15) is 0 Å². The van der Waals surface area contributed by atoms with Gasteiger partial charge in [-0.05, 0) is 29.7 Å². The second-order valence-electron chi connectivity index (χ2n) is 5.99. The average Bonchev–Trinajstić information content (AvgIpc) is 3.12. The Kier molecular flexibility index (Phi) is 11.9. The largest absolute Gasteiger partial charge is 0.480 e. The van der Waals surface area contributed by atoms with Gasteiger partial charge in [-0.1, -0.05) is 42.5 Å². The van der Waals surface area contributed by atoms with Crippen LogP contribution < -0.4 is 22.1 Å². The first-order valence-electron chi connectivity index (χ1n) is 8.36. The van der Waals surface area contributed by atoms with E-state index in [9.17, 15) is 9.59 Å². The molecule has 1 amide bonds. The van der Waals surface area contributed by atoms with Crippen molar-refractivity contribution in [3.8, 4) is 11.1 Å². The van der Waals surface area contributed by atoms with Gasteiger partial charge >= 0.3 is 5.97 Å². The molecule has 1 fully saturated rings. The van der Waals surface area contributed by atoms with Crippen molar-refractivity contribution >= 4 is 42.4 Å². The summed E-state index contributed by atoms with van der Waals surface area (Å²) in [6, 6.07) is 17.5. The molecule has 0 aromatic heterocycles. The quantitative estimate of drug-likeness (QED) is 0.470. The van der Waals surface area contributed by atoms with E-state index in [1.165, 1.54) is 11.1 Å². The molecular weight excluding hydrogens is 403 g/mol. The Morgan fingerprint density at radius 2 is 1.71 bits per heavy atom. The molecule has 0 radical (unpaired) electrons. The van der Waals surface area contributed by atoms with Gasteiger partial charge in [0.05, 0.1) is 6.54 Å². The lowest BCUT2D eigenvalue weighted by molar-refractivity contribution is -0.139. The second kappa shape index (κ2) is 13.0. The Morgan fingerprint density at radius 1 is 1.07 bits per heavy atom. The fourth-order valence-electron chi connectivity index (χ4n) is 2.67. The van der Waals surface area contributed by atoms with Gasteiger partial charge in [0.15, 0.2) is 0 Å². The highest BCUT2D eigenvalue weighted by Crippen LogP contribution is 2.20. The molecule has 1 aliphatic rings. The summed E-state index contributed by atoms with van der Waals surface area (Å²) in [5, 5.41) is 14.0.